The average molecular weight is 316 g/mol. The van der Waals surface area contributed by atoms with Crippen molar-refractivity contribution in [3.8, 4) is 0 Å². The monoisotopic (exact) mass is 316 g/mol. The highest BCUT2D eigenvalue weighted by atomic mass is 32.2. The largest absolute Gasteiger partial charge is 0.339 e. The first-order chi connectivity index (χ1) is 9.96. The normalized spacial score (nSPS) is 19.8. The number of sulfonamides is 1. The zero-order chi connectivity index (χ0) is 15.5. The molecule has 1 aliphatic heterocycles. The minimum Gasteiger partial charge on any atom is -0.339 e. The molecule has 0 radical (unpaired) electrons. The van der Waals surface area contributed by atoms with Gasteiger partial charge in [-0.2, -0.15) is 4.98 Å². The van der Waals surface area contributed by atoms with Crippen LogP contribution in [0.25, 0.3) is 0 Å². The van der Waals surface area contributed by atoms with Crippen LogP contribution in [0.15, 0.2) is 4.52 Å². The summed E-state index contributed by atoms with van der Waals surface area (Å²) in [5.74, 6) is 1.67. The van der Waals surface area contributed by atoms with E-state index in [-0.39, 0.29) is 11.7 Å². The van der Waals surface area contributed by atoms with Crippen molar-refractivity contribution in [3.63, 3.8) is 0 Å². The van der Waals surface area contributed by atoms with Gasteiger partial charge in [-0.15, -0.1) is 0 Å². The molecule has 0 bridgehead atoms. The van der Waals surface area contributed by atoms with Crippen LogP contribution in [0, 0.1) is 0 Å². The Hall–Kier alpha value is -0.990. The lowest BCUT2D eigenvalue weighted by Gasteiger charge is -2.29. The molecule has 0 saturated carbocycles. The van der Waals surface area contributed by atoms with Gasteiger partial charge in [-0.25, -0.2) is 12.7 Å². The smallest absolute Gasteiger partial charge is 0.229 e. The molecule has 2 heterocycles. The maximum Gasteiger partial charge on any atom is 0.229 e. The Morgan fingerprint density at radius 2 is 2.10 bits per heavy atom. The van der Waals surface area contributed by atoms with Gasteiger partial charge in [0, 0.05) is 31.5 Å². The van der Waals surface area contributed by atoms with E-state index >= 15 is 0 Å². The first kappa shape index (κ1) is 16.4. The van der Waals surface area contributed by atoms with Gasteiger partial charge in [0.1, 0.15) is 0 Å². The summed E-state index contributed by atoms with van der Waals surface area (Å²) in [4.78, 5) is 4.44. The van der Waals surface area contributed by atoms with Gasteiger partial charge in [0.2, 0.25) is 15.9 Å². The Morgan fingerprint density at radius 1 is 1.43 bits per heavy atom. The van der Waals surface area contributed by atoms with Gasteiger partial charge < -0.3 is 9.84 Å². The predicted octanol–water partition coefficient (Wildman–Crippen LogP) is 0.749. The van der Waals surface area contributed by atoms with E-state index in [1.54, 1.807) is 11.2 Å². The molecule has 1 aromatic heterocycles. The Morgan fingerprint density at radius 3 is 2.67 bits per heavy atom. The second-order valence-electron chi connectivity index (χ2n) is 5.52. The third-order valence-electron chi connectivity index (χ3n) is 4.03. The molecule has 0 aromatic carbocycles. The van der Waals surface area contributed by atoms with Gasteiger partial charge in [-0.1, -0.05) is 5.16 Å². The van der Waals surface area contributed by atoms with E-state index in [4.69, 9.17) is 4.52 Å². The molecule has 8 heteroatoms. The van der Waals surface area contributed by atoms with Crippen molar-refractivity contribution in [2.24, 2.45) is 0 Å². The number of hydrogen-bond acceptors (Lipinski definition) is 6. The second kappa shape index (κ2) is 6.85. The molecule has 1 saturated heterocycles. The molecule has 1 atom stereocenters. The minimum absolute atomic E-state index is 0.157. The maximum atomic E-state index is 11.8. The number of nitrogens with zero attached hydrogens (tertiary/aromatic N) is 3. The van der Waals surface area contributed by atoms with Crippen molar-refractivity contribution in [1.82, 2.24) is 19.8 Å². The third kappa shape index (κ3) is 4.02. The van der Waals surface area contributed by atoms with Crippen molar-refractivity contribution in [1.29, 1.82) is 0 Å². The van der Waals surface area contributed by atoms with Gasteiger partial charge in [0.25, 0.3) is 0 Å². The number of aromatic nitrogens is 2. The number of likely N-dealkylation sites (N-methyl/N-ethyl adjacent to an activating group) is 1. The fourth-order valence-corrected chi connectivity index (χ4v) is 3.59. The summed E-state index contributed by atoms with van der Waals surface area (Å²) in [7, 11) is -1.18. The van der Waals surface area contributed by atoms with Crippen LogP contribution in [-0.4, -0.2) is 54.8 Å². The zero-order valence-electron chi connectivity index (χ0n) is 12.9. The molecule has 2 rings (SSSR count). The van der Waals surface area contributed by atoms with Gasteiger partial charge >= 0.3 is 0 Å². The molecule has 1 N–H and O–H groups in total. The lowest BCUT2D eigenvalue weighted by atomic mass is 9.98. The molecule has 0 spiro atoms. The summed E-state index contributed by atoms with van der Waals surface area (Å²) in [6, 6.07) is 0.298. The van der Waals surface area contributed by atoms with E-state index in [2.05, 4.69) is 22.4 Å². The molecule has 120 valence electrons. The molecular formula is C13H24N4O3S. The van der Waals surface area contributed by atoms with Crippen LogP contribution in [0.1, 0.15) is 44.3 Å². The Balaban J connectivity index is 1.94. The summed E-state index contributed by atoms with van der Waals surface area (Å²) in [6.45, 7) is 4.80. The van der Waals surface area contributed by atoms with E-state index in [9.17, 15) is 8.42 Å². The molecule has 1 aromatic rings. The van der Waals surface area contributed by atoms with Crippen LogP contribution in [0.4, 0.5) is 0 Å². The predicted molar refractivity (Wildman–Crippen MR) is 79.5 cm³/mol. The molecule has 1 fully saturated rings. The van der Waals surface area contributed by atoms with Crippen molar-refractivity contribution >= 4 is 10.0 Å². The Kier molecular flexibility index (Phi) is 5.34. The lowest BCUT2D eigenvalue weighted by Crippen LogP contribution is -2.38. The van der Waals surface area contributed by atoms with E-state index in [0.29, 0.717) is 30.8 Å². The minimum atomic E-state index is -3.08. The van der Waals surface area contributed by atoms with E-state index < -0.39 is 10.0 Å². The van der Waals surface area contributed by atoms with Gasteiger partial charge in [0.15, 0.2) is 5.82 Å². The average Bonchev–Trinajstić information content (AvgIpc) is 2.95. The van der Waals surface area contributed by atoms with Crippen LogP contribution < -0.4 is 5.32 Å². The number of hydrogen-bond donors (Lipinski definition) is 1. The molecule has 0 amide bonds. The Labute approximate surface area is 126 Å². The summed E-state index contributed by atoms with van der Waals surface area (Å²) in [5, 5.41) is 7.14. The molecule has 7 nitrogen and oxygen atoms in total. The number of piperidine rings is 1. The zero-order valence-corrected chi connectivity index (χ0v) is 13.7. The number of nitrogens with one attached hydrogen (secondary N) is 1. The summed E-state index contributed by atoms with van der Waals surface area (Å²) >= 11 is 0. The molecular weight excluding hydrogens is 292 g/mol. The molecule has 1 aliphatic rings. The highest BCUT2D eigenvalue weighted by Crippen LogP contribution is 2.28. The highest BCUT2D eigenvalue weighted by molar-refractivity contribution is 7.89. The van der Waals surface area contributed by atoms with Gasteiger partial charge in [-0.05, 0) is 33.7 Å². The fraction of sp³-hybridized carbons (Fsp3) is 0.846. The van der Waals surface area contributed by atoms with Gasteiger partial charge in [-0.3, -0.25) is 0 Å². The Bertz CT molecular complexity index is 550. The van der Waals surface area contributed by atoms with Crippen molar-refractivity contribution in [3.05, 3.63) is 11.7 Å². The maximum absolute atomic E-state index is 11.8. The van der Waals surface area contributed by atoms with Crippen LogP contribution in [0.5, 0.6) is 0 Å². The van der Waals surface area contributed by atoms with Gasteiger partial charge in [0.05, 0.1) is 5.75 Å². The van der Waals surface area contributed by atoms with E-state index in [1.165, 1.54) is 0 Å². The standard InChI is InChI=1S/C13H24N4O3S/c1-4-21(18,19)17-7-5-11(6-8-17)13-15-12(16-20-13)9-10(2)14-3/h10-11,14H,4-9H2,1-3H3. The molecule has 1 unspecified atom stereocenters. The molecule has 0 aliphatic carbocycles. The lowest BCUT2D eigenvalue weighted by molar-refractivity contribution is 0.270. The summed E-state index contributed by atoms with van der Waals surface area (Å²) in [6.07, 6.45) is 2.20. The third-order valence-corrected chi connectivity index (χ3v) is 5.91. The number of rotatable bonds is 6. The van der Waals surface area contributed by atoms with Crippen LogP contribution in [0.3, 0.4) is 0 Å². The quantitative estimate of drug-likeness (QED) is 0.833. The fourth-order valence-electron chi connectivity index (χ4n) is 2.46. The van der Waals surface area contributed by atoms with E-state index in [1.807, 2.05) is 7.05 Å². The SMILES string of the molecule is CCS(=O)(=O)N1CCC(c2nc(CC(C)NC)no2)CC1. The molecule has 21 heavy (non-hydrogen) atoms. The van der Waals surface area contributed by atoms with Crippen LogP contribution in [-0.2, 0) is 16.4 Å². The summed E-state index contributed by atoms with van der Waals surface area (Å²) < 4.78 is 30.5. The van der Waals surface area contributed by atoms with Crippen molar-refractivity contribution in [2.45, 2.75) is 45.1 Å². The van der Waals surface area contributed by atoms with E-state index in [0.717, 1.165) is 19.3 Å². The van der Waals surface area contributed by atoms with Crippen LogP contribution >= 0.6 is 0 Å². The first-order valence-electron chi connectivity index (χ1n) is 7.43. The van der Waals surface area contributed by atoms with Crippen molar-refractivity contribution < 1.29 is 12.9 Å². The topological polar surface area (TPSA) is 88.3 Å². The summed E-state index contributed by atoms with van der Waals surface area (Å²) in [5.41, 5.74) is 0. The van der Waals surface area contributed by atoms with Crippen molar-refractivity contribution in [2.75, 3.05) is 25.9 Å². The highest BCUT2D eigenvalue weighted by Gasteiger charge is 2.30. The first-order valence-corrected chi connectivity index (χ1v) is 9.04. The van der Waals surface area contributed by atoms with Crippen LogP contribution in [0.2, 0.25) is 0 Å². The second-order valence-corrected chi connectivity index (χ2v) is 7.77.